The summed E-state index contributed by atoms with van der Waals surface area (Å²) in [6.45, 7) is 0.444. The van der Waals surface area contributed by atoms with Crippen LogP contribution in [0.1, 0.15) is 18.5 Å². The average Bonchev–Trinajstić information content (AvgIpc) is 2.83. The van der Waals surface area contributed by atoms with Gasteiger partial charge in [-0.05, 0) is 12.8 Å². The first-order valence-corrected chi connectivity index (χ1v) is 5.65. The Bertz CT molecular complexity index is 458. The number of Topliss-reactive ketones (excluding diaryl/α,β-unsaturated/α-hetero) is 1. The largest absolute Gasteiger partial charge is 1.00 e. The molecule has 0 amide bonds. The lowest BCUT2D eigenvalue weighted by atomic mass is 10.1. The minimum atomic E-state index is 0. The number of nitrogens with one attached hydrogen (secondary N) is 1. The fourth-order valence-electron chi connectivity index (χ4n) is 1.63. The predicted molar refractivity (Wildman–Crippen MR) is 61.0 cm³/mol. The van der Waals surface area contributed by atoms with Crippen LogP contribution in [0.5, 0.6) is 0 Å². The molecule has 6 heteroatoms. The highest BCUT2D eigenvalue weighted by atomic mass is 79.9. The SMILES string of the molecule is O=C(CCCc1cn[nH]n1)C[n+]1ccccc1.[Br-]. The number of rotatable bonds is 6. The molecule has 0 bridgehead atoms. The summed E-state index contributed by atoms with van der Waals surface area (Å²) in [5.74, 6) is 0.240. The highest BCUT2D eigenvalue weighted by molar-refractivity contribution is 5.76. The Morgan fingerprint density at radius 1 is 1.28 bits per heavy atom. The van der Waals surface area contributed by atoms with Crippen molar-refractivity contribution in [2.75, 3.05) is 0 Å². The van der Waals surface area contributed by atoms with Crippen molar-refractivity contribution in [3.05, 3.63) is 42.5 Å². The van der Waals surface area contributed by atoms with E-state index < -0.39 is 0 Å². The Kier molecular flexibility index (Phi) is 6.21. The summed E-state index contributed by atoms with van der Waals surface area (Å²) >= 11 is 0. The van der Waals surface area contributed by atoms with Crippen LogP contribution in [-0.2, 0) is 17.8 Å². The van der Waals surface area contributed by atoms with Gasteiger partial charge < -0.3 is 17.0 Å². The Morgan fingerprint density at radius 2 is 2.06 bits per heavy atom. The van der Waals surface area contributed by atoms with Crippen LogP contribution in [0.3, 0.4) is 0 Å². The number of H-pyrrole nitrogens is 1. The molecule has 1 N–H and O–H groups in total. The lowest BCUT2D eigenvalue weighted by Crippen LogP contribution is -3.00. The monoisotopic (exact) mass is 310 g/mol. The summed E-state index contributed by atoms with van der Waals surface area (Å²) in [6, 6.07) is 5.77. The van der Waals surface area contributed by atoms with Crippen molar-refractivity contribution in [2.24, 2.45) is 0 Å². The van der Waals surface area contributed by atoms with Gasteiger partial charge in [0.1, 0.15) is 0 Å². The van der Waals surface area contributed by atoms with Crippen molar-refractivity contribution >= 4 is 5.78 Å². The molecule has 0 spiro atoms. The number of hydrogen-bond donors (Lipinski definition) is 1. The molecular formula is C12H15BrN4O. The Morgan fingerprint density at radius 3 is 2.72 bits per heavy atom. The first kappa shape index (κ1) is 14.5. The molecule has 0 aliphatic carbocycles. The molecular weight excluding hydrogens is 296 g/mol. The van der Waals surface area contributed by atoms with Crippen LogP contribution < -0.4 is 21.5 Å². The maximum atomic E-state index is 11.7. The number of pyridine rings is 1. The standard InChI is InChI=1S/C12H15N4O.BrH/c17-12(10-16-7-2-1-3-8-16)6-4-5-11-9-13-15-14-11;/h1-3,7-9H,4-6,10H2,(H,13,14,15);1H/q+1;/p-1. The number of hydrogen-bond acceptors (Lipinski definition) is 3. The topological polar surface area (TPSA) is 62.5 Å². The van der Waals surface area contributed by atoms with Crippen molar-refractivity contribution in [1.29, 1.82) is 0 Å². The van der Waals surface area contributed by atoms with E-state index >= 15 is 0 Å². The maximum Gasteiger partial charge on any atom is 0.206 e. The van der Waals surface area contributed by atoms with Crippen LogP contribution in [0, 0.1) is 0 Å². The first-order chi connectivity index (χ1) is 8.34. The number of aromatic amines is 1. The van der Waals surface area contributed by atoms with E-state index in [2.05, 4.69) is 15.4 Å². The van der Waals surface area contributed by atoms with Gasteiger partial charge in [0.05, 0.1) is 11.9 Å². The van der Waals surface area contributed by atoms with Crippen molar-refractivity contribution in [1.82, 2.24) is 15.4 Å². The van der Waals surface area contributed by atoms with Gasteiger partial charge in [-0.25, -0.2) is 0 Å². The molecule has 0 fully saturated rings. The normalized spacial score (nSPS) is 9.78. The highest BCUT2D eigenvalue weighted by Crippen LogP contribution is 2.00. The van der Waals surface area contributed by atoms with E-state index in [1.54, 1.807) is 6.20 Å². The van der Waals surface area contributed by atoms with E-state index in [1.165, 1.54) is 0 Å². The molecule has 0 saturated carbocycles. The molecule has 0 aliphatic rings. The van der Waals surface area contributed by atoms with Crippen LogP contribution in [0.2, 0.25) is 0 Å². The van der Waals surface area contributed by atoms with Crippen LogP contribution in [-0.4, -0.2) is 21.2 Å². The first-order valence-electron chi connectivity index (χ1n) is 5.65. The Balaban J connectivity index is 0.00000162. The Hall–Kier alpha value is -1.56. The molecule has 2 rings (SSSR count). The molecule has 0 radical (unpaired) electrons. The number of aromatic nitrogens is 4. The molecule has 5 nitrogen and oxygen atoms in total. The Labute approximate surface area is 116 Å². The van der Waals surface area contributed by atoms with Crippen LogP contribution in [0.25, 0.3) is 0 Å². The zero-order valence-corrected chi connectivity index (χ0v) is 11.5. The van der Waals surface area contributed by atoms with Gasteiger partial charge in [0.25, 0.3) is 0 Å². The summed E-state index contributed by atoms with van der Waals surface area (Å²) in [7, 11) is 0. The molecule has 2 heterocycles. The average molecular weight is 311 g/mol. The van der Waals surface area contributed by atoms with Gasteiger partial charge in [0.15, 0.2) is 18.2 Å². The summed E-state index contributed by atoms with van der Waals surface area (Å²) in [4.78, 5) is 11.7. The summed E-state index contributed by atoms with van der Waals surface area (Å²) < 4.78 is 1.89. The van der Waals surface area contributed by atoms with E-state index in [0.29, 0.717) is 13.0 Å². The van der Waals surface area contributed by atoms with Crippen LogP contribution >= 0.6 is 0 Å². The maximum absolute atomic E-state index is 11.7. The third-order valence-electron chi connectivity index (χ3n) is 2.49. The molecule has 0 unspecified atom stereocenters. The molecule has 0 saturated heterocycles. The number of aryl methyl sites for hydroxylation is 1. The van der Waals surface area contributed by atoms with Gasteiger partial charge in [0.2, 0.25) is 6.54 Å². The van der Waals surface area contributed by atoms with E-state index in [0.717, 1.165) is 18.5 Å². The number of carbonyl (C=O) groups is 1. The van der Waals surface area contributed by atoms with Gasteiger partial charge in [0, 0.05) is 18.6 Å². The van der Waals surface area contributed by atoms with Gasteiger partial charge in [-0.3, -0.25) is 4.79 Å². The number of ketones is 1. The molecule has 96 valence electrons. The van der Waals surface area contributed by atoms with Crippen LogP contribution in [0.15, 0.2) is 36.8 Å². The van der Waals surface area contributed by atoms with Gasteiger partial charge in [-0.2, -0.15) is 20.0 Å². The molecule has 2 aromatic heterocycles. The molecule has 0 aliphatic heterocycles. The number of halogens is 1. The van der Waals surface area contributed by atoms with E-state index in [4.69, 9.17) is 0 Å². The van der Waals surface area contributed by atoms with Crippen molar-refractivity contribution < 1.29 is 26.3 Å². The highest BCUT2D eigenvalue weighted by Gasteiger charge is 2.08. The quantitative estimate of drug-likeness (QED) is 0.610. The van der Waals surface area contributed by atoms with Crippen LogP contribution in [0.4, 0.5) is 0 Å². The second-order valence-corrected chi connectivity index (χ2v) is 3.90. The second kappa shape index (κ2) is 7.71. The summed E-state index contributed by atoms with van der Waals surface area (Å²) in [6.07, 6.45) is 7.68. The minimum Gasteiger partial charge on any atom is -1.00 e. The smallest absolute Gasteiger partial charge is 0.206 e. The fourth-order valence-corrected chi connectivity index (χ4v) is 1.63. The molecule has 0 atom stereocenters. The molecule has 0 aromatic carbocycles. The zero-order valence-electron chi connectivity index (χ0n) is 9.92. The summed E-state index contributed by atoms with van der Waals surface area (Å²) in [5, 5.41) is 10.2. The third kappa shape index (κ3) is 4.75. The predicted octanol–water partition coefficient (Wildman–Crippen LogP) is -2.31. The number of nitrogens with zero attached hydrogens (tertiary/aromatic N) is 3. The van der Waals surface area contributed by atoms with Crippen molar-refractivity contribution in [3.8, 4) is 0 Å². The second-order valence-electron chi connectivity index (χ2n) is 3.90. The van der Waals surface area contributed by atoms with Crippen molar-refractivity contribution in [3.63, 3.8) is 0 Å². The molecule has 2 aromatic rings. The van der Waals surface area contributed by atoms with Crippen molar-refractivity contribution in [2.45, 2.75) is 25.8 Å². The minimum absolute atomic E-state index is 0. The molecule has 18 heavy (non-hydrogen) atoms. The van der Waals surface area contributed by atoms with Gasteiger partial charge in [-0.15, -0.1) is 0 Å². The number of carbonyl (C=O) groups excluding carboxylic acids is 1. The lowest BCUT2D eigenvalue weighted by Gasteiger charge is -1.97. The zero-order chi connectivity index (χ0) is 11.9. The lowest BCUT2D eigenvalue weighted by molar-refractivity contribution is -0.684. The van der Waals surface area contributed by atoms with Gasteiger partial charge >= 0.3 is 0 Å². The fraction of sp³-hybridized carbons (Fsp3) is 0.333. The van der Waals surface area contributed by atoms with E-state index in [-0.39, 0.29) is 22.8 Å². The van der Waals surface area contributed by atoms with E-state index in [1.807, 2.05) is 35.2 Å². The van der Waals surface area contributed by atoms with Gasteiger partial charge in [-0.1, -0.05) is 6.07 Å². The third-order valence-corrected chi connectivity index (χ3v) is 2.49. The van der Waals surface area contributed by atoms with E-state index in [9.17, 15) is 4.79 Å². The summed E-state index contributed by atoms with van der Waals surface area (Å²) in [5.41, 5.74) is 0.908.